The third-order valence-corrected chi connectivity index (χ3v) is 3.99. The lowest BCUT2D eigenvalue weighted by molar-refractivity contribution is 0.188. The fourth-order valence-electron chi connectivity index (χ4n) is 2.67. The fourth-order valence-corrected chi connectivity index (χ4v) is 2.67. The Morgan fingerprint density at radius 2 is 2.05 bits per heavy atom. The van der Waals surface area contributed by atoms with E-state index in [4.69, 9.17) is 4.74 Å². The van der Waals surface area contributed by atoms with E-state index in [0.717, 1.165) is 26.0 Å². The molecule has 0 saturated carbocycles. The van der Waals surface area contributed by atoms with Crippen molar-refractivity contribution in [2.24, 2.45) is 7.05 Å². The molecule has 0 radical (unpaired) electrons. The summed E-state index contributed by atoms with van der Waals surface area (Å²) in [6.07, 6.45) is 5.79. The molecule has 1 rings (SSSR count). The van der Waals surface area contributed by atoms with Crippen molar-refractivity contribution in [1.29, 1.82) is 0 Å². The largest absolute Gasteiger partial charge is 0.385 e. The van der Waals surface area contributed by atoms with Crippen molar-refractivity contribution in [2.75, 3.05) is 20.3 Å². The number of rotatable bonds is 10. The molecule has 0 aliphatic carbocycles. The Morgan fingerprint density at radius 3 is 2.60 bits per heavy atom. The summed E-state index contributed by atoms with van der Waals surface area (Å²) in [4.78, 5) is 0. The maximum atomic E-state index is 5.16. The van der Waals surface area contributed by atoms with Gasteiger partial charge in [-0.1, -0.05) is 6.92 Å². The summed E-state index contributed by atoms with van der Waals surface area (Å²) >= 11 is 0. The molecule has 1 heterocycles. The zero-order chi connectivity index (χ0) is 15.0. The Bertz CT molecular complexity index is 387. The molecule has 0 aliphatic heterocycles. The van der Waals surface area contributed by atoms with Crippen molar-refractivity contribution in [3.05, 3.63) is 17.0 Å². The van der Waals surface area contributed by atoms with E-state index in [0.29, 0.717) is 6.04 Å². The molecule has 0 aromatic carbocycles. The van der Waals surface area contributed by atoms with Crippen LogP contribution >= 0.6 is 0 Å². The van der Waals surface area contributed by atoms with Crippen LogP contribution in [0.5, 0.6) is 0 Å². The van der Waals surface area contributed by atoms with Gasteiger partial charge in [0.2, 0.25) is 0 Å². The molecule has 0 bridgehead atoms. The molecule has 1 atom stereocenters. The van der Waals surface area contributed by atoms with E-state index in [9.17, 15) is 0 Å². The number of methoxy groups -OCH3 is 1. The summed E-state index contributed by atoms with van der Waals surface area (Å²) in [5, 5.41) is 8.16. The molecule has 0 amide bonds. The van der Waals surface area contributed by atoms with Crippen molar-refractivity contribution in [2.45, 2.75) is 58.9 Å². The first-order chi connectivity index (χ1) is 9.60. The summed E-state index contributed by atoms with van der Waals surface area (Å²) < 4.78 is 7.15. The second-order valence-corrected chi connectivity index (χ2v) is 5.60. The second kappa shape index (κ2) is 9.14. The molecule has 4 nitrogen and oxygen atoms in total. The van der Waals surface area contributed by atoms with Crippen molar-refractivity contribution in [3.63, 3.8) is 0 Å². The summed E-state index contributed by atoms with van der Waals surface area (Å²) in [7, 11) is 3.80. The van der Waals surface area contributed by atoms with Gasteiger partial charge in [0, 0.05) is 32.5 Å². The van der Waals surface area contributed by atoms with E-state index in [1.165, 1.54) is 36.2 Å². The van der Waals surface area contributed by atoms with Gasteiger partial charge in [-0.05, 0) is 58.1 Å². The first-order valence-corrected chi connectivity index (χ1v) is 7.81. The van der Waals surface area contributed by atoms with Crippen LogP contribution in [0.15, 0.2) is 0 Å². The maximum Gasteiger partial charge on any atom is 0.0628 e. The monoisotopic (exact) mass is 281 g/mol. The standard InChI is InChI=1S/C16H31N3O/c1-6-11-17-15(8-7-12-20-5)9-10-16-13(2)18-19(4)14(16)3/h15,17H,6-12H2,1-5H3. The zero-order valence-corrected chi connectivity index (χ0v) is 13.8. The van der Waals surface area contributed by atoms with Crippen molar-refractivity contribution >= 4 is 0 Å². The quantitative estimate of drug-likeness (QED) is 0.670. The predicted octanol–water partition coefficient (Wildman–Crippen LogP) is 2.76. The van der Waals surface area contributed by atoms with Crippen LogP contribution in [0.25, 0.3) is 0 Å². The number of hydrogen-bond acceptors (Lipinski definition) is 3. The SMILES string of the molecule is CCCNC(CCCOC)CCc1c(C)nn(C)c1C. The highest BCUT2D eigenvalue weighted by atomic mass is 16.5. The van der Waals surface area contributed by atoms with Gasteiger partial charge in [0.1, 0.15) is 0 Å². The smallest absolute Gasteiger partial charge is 0.0628 e. The second-order valence-electron chi connectivity index (χ2n) is 5.60. The van der Waals surface area contributed by atoms with E-state index in [1.807, 2.05) is 11.7 Å². The normalized spacial score (nSPS) is 12.8. The Kier molecular flexibility index (Phi) is 7.85. The number of aryl methyl sites for hydroxylation is 2. The average Bonchev–Trinajstić information content (AvgIpc) is 2.67. The van der Waals surface area contributed by atoms with Gasteiger partial charge >= 0.3 is 0 Å². The Hall–Kier alpha value is -0.870. The molecule has 20 heavy (non-hydrogen) atoms. The fraction of sp³-hybridized carbons (Fsp3) is 0.812. The third-order valence-electron chi connectivity index (χ3n) is 3.99. The van der Waals surface area contributed by atoms with Crippen LogP contribution in [-0.4, -0.2) is 36.1 Å². The highest BCUT2D eigenvalue weighted by Crippen LogP contribution is 2.16. The van der Waals surface area contributed by atoms with Crippen LogP contribution in [0.2, 0.25) is 0 Å². The minimum absolute atomic E-state index is 0.587. The molecule has 0 aliphatic rings. The zero-order valence-electron chi connectivity index (χ0n) is 13.8. The molecule has 1 aromatic rings. The van der Waals surface area contributed by atoms with E-state index in [2.05, 4.69) is 31.2 Å². The summed E-state index contributed by atoms with van der Waals surface area (Å²) in [6, 6.07) is 0.587. The molecule has 1 unspecified atom stereocenters. The summed E-state index contributed by atoms with van der Waals surface area (Å²) in [6.45, 7) is 8.45. The molecular formula is C16H31N3O. The number of hydrogen-bond donors (Lipinski definition) is 1. The molecule has 116 valence electrons. The van der Waals surface area contributed by atoms with Crippen molar-refractivity contribution < 1.29 is 4.74 Å². The minimum Gasteiger partial charge on any atom is -0.385 e. The average molecular weight is 281 g/mol. The molecule has 0 spiro atoms. The van der Waals surface area contributed by atoms with Gasteiger partial charge in [0.15, 0.2) is 0 Å². The first kappa shape index (κ1) is 17.2. The third kappa shape index (κ3) is 5.25. The van der Waals surface area contributed by atoms with Crippen molar-refractivity contribution in [3.8, 4) is 0 Å². The predicted molar refractivity (Wildman–Crippen MR) is 84.2 cm³/mol. The Morgan fingerprint density at radius 1 is 1.30 bits per heavy atom. The molecular weight excluding hydrogens is 250 g/mol. The van der Waals surface area contributed by atoms with Gasteiger partial charge in [-0.15, -0.1) is 0 Å². The van der Waals surface area contributed by atoms with E-state index in [-0.39, 0.29) is 0 Å². The van der Waals surface area contributed by atoms with Gasteiger partial charge in [-0.2, -0.15) is 5.10 Å². The lowest BCUT2D eigenvalue weighted by Crippen LogP contribution is -2.30. The van der Waals surface area contributed by atoms with Crippen LogP contribution in [-0.2, 0) is 18.2 Å². The summed E-state index contributed by atoms with van der Waals surface area (Å²) in [5.74, 6) is 0. The number of aromatic nitrogens is 2. The molecule has 0 fully saturated rings. The van der Waals surface area contributed by atoms with Gasteiger partial charge in [-0.3, -0.25) is 4.68 Å². The highest BCUT2D eigenvalue weighted by Gasteiger charge is 2.13. The maximum absolute atomic E-state index is 5.16. The Balaban J connectivity index is 2.51. The van der Waals surface area contributed by atoms with Crippen LogP contribution in [0, 0.1) is 13.8 Å². The lowest BCUT2D eigenvalue weighted by atomic mass is 10.0. The molecule has 1 N–H and O–H groups in total. The van der Waals surface area contributed by atoms with Gasteiger partial charge < -0.3 is 10.1 Å². The van der Waals surface area contributed by atoms with Crippen molar-refractivity contribution in [1.82, 2.24) is 15.1 Å². The molecule has 4 heteroatoms. The first-order valence-electron chi connectivity index (χ1n) is 7.81. The lowest BCUT2D eigenvalue weighted by Gasteiger charge is -2.18. The summed E-state index contributed by atoms with van der Waals surface area (Å²) in [5.41, 5.74) is 3.90. The highest BCUT2D eigenvalue weighted by molar-refractivity contribution is 5.24. The van der Waals surface area contributed by atoms with E-state index >= 15 is 0 Å². The van der Waals surface area contributed by atoms with Gasteiger partial charge in [0.25, 0.3) is 0 Å². The van der Waals surface area contributed by atoms with Crippen LogP contribution in [0.1, 0.15) is 49.6 Å². The number of nitrogens with zero attached hydrogens (tertiary/aromatic N) is 2. The van der Waals surface area contributed by atoms with Crippen LogP contribution in [0.3, 0.4) is 0 Å². The minimum atomic E-state index is 0.587. The van der Waals surface area contributed by atoms with Gasteiger partial charge in [0.05, 0.1) is 5.69 Å². The van der Waals surface area contributed by atoms with E-state index in [1.54, 1.807) is 7.11 Å². The Labute approximate surface area is 123 Å². The van der Waals surface area contributed by atoms with Gasteiger partial charge in [-0.25, -0.2) is 0 Å². The van der Waals surface area contributed by atoms with Crippen LogP contribution < -0.4 is 5.32 Å². The van der Waals surface area contributed by atoms with Crippen LogP contribution in [0.4, 0.5) is 0 Å². The molecule has 0 saturated heterocycles. The molecule has 1 aromatic heterocycles. The topological polar surface area (TPSA) is 39.1 Å². The van der Waals surface area contributed by atoms with E-state index < -0.39 is 0 Å². The number of ether oxygens (including phenoxy) is 1. The number of nitrogens with one attached hydrogen (secondary N) is 1.